The lowest BCUT2D eigenvalue weighted by Gasteiger charge is -2.08. The molecule has 0 aromatic heterocycles. The van der Waals surface area contributed by atoms with E-state index < -0.39 is 0 Å². The van der Waals surface area contributed by atoms with Crippen LogP contribution in [0.2, 0.25) is 10.0 Å². The number of rotatable bonds is 5. The van der Waals surface area contributed by atoms with E-state index in [0.29, 0.717) is 10.0 Å². The van der Waals surface area contributed by atoms with E-state index in [0.717, 1.165) is 21.2 Å². The Hall–Kier alpha value is -1.68. The van der Waals surface area contributed by atoms with Crippen LogP contribution in [0.1, 0.15) is 5.56 Å². The number of thioether (sulfide) groups is 1. The minimum atomic E-state index is -0.274. The summed E-state index contributed by atoms with van der Waals surface area (Å²) in [5, 5.41) is 3.33. The van der Waals surface area contributed by atoms with Crippen molar-refractivity contribution in [2.75, 3.05) is 5.75 Å². The van der Waals surface area contributed by atoms with Gasteiger partial charge >= 0.3 is 5.97 Å². The Balaban J connectivity index is 1.62. The van der Waals surface area contributed by atoms with Crippen molar-refractivity contribution in [3.8, 4) is 0 Å². The SMILES string of the molecule is O=C(CSc1cccc2cccc(Cl)c12)OCc1cccc(Cl)c1. The molecular formula is C19H14Cl2O2S. The van der Waals surface area contributed by atoms with Crippen molar-refractivity contribution < 1.29 is 9.53 Å². The minimum Gasteiger partial charge on any atom is -0.460 e. The van der Waals surface area contributed by atoms with Crippen molar-refractivity contribution in [2.45, 2.75) is 11.5 Å². The van der Waals surface area contributed by atoms with Crippen molar-refractivity contribution in [1.82, 2.24) is 0 Å². The van der Waals surface area contributed by atoms with Gasteiger partial charge in [-0.2, -0.15) is 0 Å². The van der Waals surface area contributed by atoms with Gasteiger partial charge in [0, 0.05) is 20.3 Å². The van der Waals surface area contributed by atoms with E-state index in [4.69, 9.17) is 27.9 Å². The molecule has 0 aliphatic rings. The number of carbonyl (C=O) groups is 1. The van der Waals surface area contributed by atoms with E-state index in [9.17, 15) is 4.79 Å². The number of ether oxygens (including phenoxy) is 1. The van der Waals surface area contributed by atoms with Gasteiger partial charge in [0.1, 0.15) is 6.61 Å². The third-order valence-corrected chi connectivity index (χ3v) is 5.03. The van der Waals surface area contributed by atoms with Crippen LogP contribution in [0.25, 0.3) is 10.8 Å². The van der Waals surface area contributed by atoms with Crippen molar-refractivity contribution >= 4 is 51.7 Å². The Labute approximate surface area is 154 Å². The molecule has 0 N–H and O–H groups in total. The molecule has 0 aliphatic carbocycles. The Morgan fingerprint density at radius 1 is 1.00 bits per heavy atom. The number of hydrogen-bond acceptors (Lipinski definition) is 3. The van der Waals surface area contributed by atoms with Crippen LogP contribution >= 0.6 is 35.0 Å². The lowest BCUT2D eigenvalue weighted by molar-refractivity contribution is -0.141. The van der Waals surface area contributed by atoms with Gasteiger partial charge in [-0.05, 0) is 35.2 Å². The van der Waals surface area contributed by atoms with Crippen LogP contribution in [0, 0.1) is 0 Å². The van der Waals surface area contributed by atoms with E-state index in [1.165, 1.54) is 11.8 Å². The molecule has 0 radical (unpaired) electrons. The first kappa shape index (κ1) is 17.2. The Morgan fingerprint density at radius 3 is 2.54 bits per heavy atom. The standard InChI is InChI=1S/C19H14Cl2O2S/c20-15-7-1-4-13(10-15)11-23-18(22)12-24-17-9-3-6-14-5-2-8-16(21)19(14)17/h1-10H,11-12H2. The number of fused-ring (bicyclic) bond motifs is 1. The average Bonchev–Trinajstić information content (AvgIpc) is 2.58. The van der Waals surface area contributed by atoms with Gasteiger partial charge < -0.3 is 4.74 Å². The second-order valence-corrected chi connectivity index (χ2v) is 7.03. The van der Waals surface area contributed by atoms with Crippen molar-refractivity contribution in [1.29, 1.82) is 0 Å². The molecule has 5 heteroatoms. The van der Waals surface area contributed by atoms with E-state index in [2.05, 4.69) is 0 Å². The van der Waals surface area contributed by atoms with Crippen LogP contribution in [0.15, 0.2) is 65.6 Å². The first-order valence-electron chi connectivity index (χ1n) is 7.33. The quantitative estimate of drug-likeness (QED) is 0.404. The van der Waals surface area contributed by atoms with Crippen LogP contribution in [-0.4, -0.2) is 11.7 Å². The molecule has 3 rings (SSSR count). The van der Waals surface area contributed by atoms with Crippen LogP contribution in [0.5, 0.6) is 0 Å². The fourth-order valence-corrected chi connectivity index (χ4v) is 3.81. The lowest BCUT2D eigenvalue weighted by atomic mass is 10.1. The molecule has 0 amide bonds. The van der Waals surface area contributed by atoms with Crippen molar-refractivity contribution in [3.63, 3.8) is 0 Å². The second kappa shape index (κ2) is 7.93. The third kappa shape index (κ3) is 4.23. The fraction of sp³-hybridized carbons (Fsp3) is 0.105. The summed E-state index contributed by atoms with van der Waals surface area (Å²) in [4.78, 5) is 13.0. The smallest absolute Gasteiger partial charge is 0.316 e. The topological polar surface area (TPSA) is 26.3 Å². The van der Waals surface area contributed by atoms with Gasteiger partial charge in [-0.25, -0.2) is 0 Å². The molecule has 0 atom stereocenters. The van der Waals surface area contributed by atoms with Crippen LogP contribution < -0.4 is 0 Å². The summed E-state index contributed by atoms with van der Waals surface area (Å²) >= 11 is 13.6. The zero-order chi connectivity index (χ0) is 16.9. The number of halogens is 2. The molecule has 122 valence electrons. The van der Waals surface area contributed by atoms with Gasteiger partial charge in [-0.15, -0.1) is 11.8 Å². The molecule has 0 saturated carbocycles. The maximum absolute atomic E-state index is 12.0. The largest absolute Gasteiger partial charge is 0.460 e. The molecule has 0 spiro atoms. The lowest BCUT2D eigenvalue weighted by Crippen LogP contribution is -2.07. The number of esters is 1. The van der Waals surface area contributed by atoms with Crippen LogP contribution in [0.4, 0.5) is 0 Å². The second-order valence-electron chi connectivity index (χ2n) is 5.17. The predicted octanol–water partition coefficient (Wildman–Crippen LogP) is 5.98. The Kier molecular flexibility index (Phi) is 5.67. The highest BCUT2D eigenvalue weighted by Gasteiger charge is 2.09. The normalized spacial score (nSPS) is 10.8. The third-order valence-electron chi connectivity index (χ3n) is 3.45. The first-order chi connectivity index (χ1) is 11.6. The molecular weight excluding hydrogens is 363 g/mol. The van der Waals surface area contributed by atoms with E-state index in [1.807, 2.05) is 48.5 Å². The van der Waals surface area contributed by atoms with E-state index in [-0.39, 0.29) is 18.3 Å². The highest BCUT2D eigenvalue weighted by molar-refractivity contribution is 8.00. The van der Waals surface area contributed by atoms with Gasteiger partial charge in [-0.3, -0.25) is 4.79 Å². The van der Waals surface area contributed by atoms with Gasteiger partial charge in [0.15, 0.2) is 0 Å². The maximum atomic E-state index is 12.0. The van der Waals surface area contributed by atoms with Gasteiger partial charge in [0.05, 0.1) is 5.75 Å². The minimum absolute atomic E-state index is 0.218. The number of carbonyl (C=O) groups excluding carboxylic acids is 1. The molecule has 2 nitrogen and oxygen atoms in total. The monoisotopic (exact) mass is 376 g/mol. The van der Waals surface area contributed by atoms with Gasteiger partial charge in [0.25, 0.3) is 0 Å². The summed E-state index contributed by atoms with van der Waals surface area (Å²) in [5.74, 6) is -0.0470. The predicted molar refractivity (Wildman–Crippen MR) is 101 cm³/mol. The Bertz CT molecular complexity index is 875. The number of hydrogen-bond donors (Lipinski definition) is 0. The maximum Gasteiger partial charge on any atom is 0.316 e. The summed E-state index contributed by atoms with van der Waals surface area (Å²) in [6.45, 7) is 0.218. The molecule has 3 aromatic carbocycles. The van der Waals surface area contributed by atoms with Crippen LogP contribution in [0.3, 0.4) is 0 Å². The molecule has 0 heterocycles. The molecule has 0 bridgehead atoms. The summed E-state index contributed by atoms with van der Waals surface area (Å²) in [6, 6.07) is 19.0. The van der Waals surface area contributed by atoms with Gasteiger partial charge in [0.2, 0.25) is 0 Å². The molecule has 24 heavy (non-hydrogen) atoms. The highest BCUT2D eigenvalue weighted by atomic mass is 35.5. The van der Waals surface area contributed by atoms with E-state index in [1.54, 1.807) is 12.1 Å². The van der Waals surface area contributed by atoms with Crippen LogP contribution in [-0.2, 0) is 16.1 Å². The zero-order valence-electron chi connectivity index (χ0n) is 12.7. The molecule has 3 aromatic rings. The molecule has 0 aliphatic heterocycles. The van der Waals surface area contributed by atoms with Gasteiger partial charge in [-0.1, -0.05) is 59.6 Å². The zero-order valence-corrected chi connectivity index (χ0v) is 15.0. The van der Waals surface area contributed by atoms with Crippen molar-refractivity contribution in [2.24, 2.45) is 0 Å². The molecule has 0 fully saturated rings. The fourth-order valence-electron chi connectivity index (χ4n) is 2.35. The number of benzene rings is 3. The average molecular weight is 377 g/mol. The Morgan fingerprint density at radius 2 is 1.75 bits per heavy atom. The van der Waals surface area contributed by atoms with E-state index >= 15 is 0 Å². The first-order valence-corrected chi connectivity index (χ1v) is 9.08. The molecule has 0 unspecified atom stereocenters. The summed E-state index contributed by atoms with van der Waals surface area (Å²) in [6.07, 6.45) is 0. The highest BCUT2D eigenvalue weighted by Crippen LogP contribution is 2.33. The summed E-state index contributed by atoms with van der Waals surface area (Å²) in [5.41, 5.74) is 0.869. The summed E-state index contributed by atoms with van der Waals surface area (Å²) < 4.78 is 5.30. The summed E-state index contributed by atoms with van der Waals surface area (Å²) in [7, 11) is 0. The molecule has 0 saturated heterocycles. The van der Waals surface area contributed by atoms with Crippen molar-refractivity contribution in [3.05, 3.63) is 76.3 Å².